The second kappa shape index (κ2) is 6.83. The standard InChI is InChI=1S/C20H17F2N3O2/c1-27-19-8-11(2-6-14(19)21)3-7-16-13-9-18(23-20(26)12-4-5-12)15(22)10-17(13)25-24-16/h2-3,6-10,12H,4-5H2,1H3,(H,23,26)(H,24,25). The van der Waals surface area contributed by atoms with Crippen LogP contribution in [-0.4, -0.2) is 23.2 Å². The van der Waals surface area contributed by atoms with E-state index >= 15 is 0 Å². The van der Waals surface area contributed by atoms with Crippen LogP contribution in [-0.2, 0) is 4.79 Å². The fourth-order valence-electron chi connectivity index (χ4n) is 2.82. The molecule has 0 atom stereocenters. The highest BCUT2D eigenvalue weighted by molar-refractivity contribution is 5.98. The summed E-state index contributed by atoms with van der Waals surface area (Å²) in [7, 11) is 1.40. The molecule has 0 unspecified atom stereocenters. The molecule has 0 radical (unpaired) electrons. The van der Waals surface area contributed by atoms with Gasteiger partial charge in [-0.05, 0) is 42.7 Å². The third-order valence-electron chi connectivity index (χ3n) is 4.49. The summed E-state index contributed by atoms with van der Waals surface area (Å²) in [6, 6.07) is 7.39. The van der Waals surface area contributed by atoms with Crippen molar-refractivity contribution in [3.63, 3.8) is 0 Å². The fraction of sp³-hybridized carbons (Fsp3) is 0.200. The van der Waals surface area contributed by atoms with E-state index in [0.29, 0.717) is 16.6 Å². The van der Waals surface area contributed by atoms with Gasteiger partial charge in [0.15, 0.2) is 11.6 Å². The first-order chi connectivity index (χ1) is 13.0. The maximum absolute atomic E-state index is 14.2. The molecular weight excluding hydrogens is 352 g/mol. The van der Waals surface area contributed by atoms with Gasteiger partial charge < -0.3 is 10.1 Å². The van der Waals surface area contributed by atoms with Crippen molar-refractivity contribution >= 4 is 34.6 Å². The van der Waals surface area contributed by atoms with E-state index < -0.39 is 11.6 Å². The number of methoxy groups -OCH3 is 1. The highest BCUT2D eigenvalue weighted by Gasteiger charge is 2.30. The molecule has 1 aromatic heterocycles. The molecule has 2 N–H and O–H groups in total. The van der Waals surface area contributed by atoms with Gasteiger partial charge in [-0.25, -0.2) is 8.78 Å². The Labute approximate surface area is 154 Å². The minimum Gasteiger partial charge on any atom is -0.494 e. The van der Waals surface area contributed by atoms with Gasteiger partial charge in [0.05, 0.1) is 24.0 Å². The predicted molar refractivity (Wildman–Crippen MR) is 99.3 cm³/mol. The number of H-pyrrole nitrogens is 1. The highest BCUT2D eigenvalue weighted by Crippen LogP contribution is 2.32. The van der Waals surface area contributed by atoms with Crippen molar-refractivity contribution in [2.45, 2.75) is 12.8 Å². The largest absolute Gasteiger partial charge is 0.494 e. The molecule has 1 aliphatic carbocycles. The van der Waals surface area contributed by atoms with E-state index in [4.69, 9.17) is 4.74 Å². The number of hydrogen-bond acceptors (Lipinski definition) is 3. The van der Waals surface area contributed by atoms with Crippen molar-refractivity contribution in [3.05, 3.63) is 53.2 Å². The van der Waals surface area contributed by atoms with E-state index in [1.54, 1.807) is 30.4 Å². The lowest BCUT2D eigenvalue weighted by Gasteiger charge is -2.06. The maximum atomic E-state index is 14.2. The summed E-state index contributed by atoms with van der Waals surface area (Å²) in [6.07, 6.45) is 5.17. The zero-order chi connectivity index (χ0) is 19.0. The molecule has 138 valence electrons. The summed E-state index contributed by atoms with van der Waals surface area (Å²) in [5.74, 6) is -0.981. The van der Waals surface area contributed by atoms with Crippen LogP contribution in [0.25, 0.3) is 23.1 Å². The molecular formula is C20H17F2N3O2. The minimum atomic E-state index is -0.515. The Morgan fingerprint density at radius 2 is 2.04 bits per heavy atom. The quantitative estimate of drug-likeness (QED) is 0.702. The number of amides is 1. The third kappa shape index (κ3) is 3.53. The number of rotatable bonds is 5. The number of carbonyl (C=O) groups is 1. The Balaban J connectivity index is 1.64. The van der Waals surface area contributed by atoms with Crippen LogP contribution in [0.5, 0.6) is 5.75 Å². The Hall–Kier alpha value is -3.22. The van der Waals surface area contributed by atoms with Crippen LogP contribution in [0.1, 0.15) is 24.1 Å². The van der Waals surface area contributed by atoms with Crippen molar-refractivity contribution < 1.29 is 18.3 Å². The molecule has 1 fully saturated rings. The summed E-state index contributed by atoms with van der Waals surface area (Å²) >= 11 is 0. The number of hydrogen-bond donors (Lipinski definition) is 2. The van der Waals surface area contributed by atoms with Gasteiger partial charge in [0.25, 0.3) is 0 Å². The lowest BCUT2D eigenvalue weighted by atomic mass is 10.1. The van der Waals surface area contributed by atoms with Crippen LogP contribution in [0.3, 0.4) is 0 Å². The van der Waals surface area contributed by atoms with E-state index in [2.05, 4.69) is 15.5 Å². The smallest absolute Gasteiger partial charge is 0.227 e. The monoisotopic (exact) mass is 369 g/mol. The van der Waals surface area contributed by atoms with Gasteiger partial charge in [-0.3, -0.25) is 9.89 Å². The molecule has 0 aliphatic heterocycles. The topological polar surface area (TPSA) is 67.0 Å². The van der Waals surface area contributed by atoms with Gasteiger partial charge in [-0.1, -0.05) is 12.1 Å². The lowest BCUT2D eigenvalue weighted by molar-refractivity contribution is -0.117. The molecule has 1 amide bonds. The summed E-state index contributed by atoms with van der Waals surface area (Å²) in [6.45, 7) is 0. The molecule has 1 aliphatic rings. The summed E-state index contributed by atoms with van der Waals surface area (Å²) in [5.41, 5.74) is 1.97. The van der Waals surface area contributed by atoms with Crippen molar-refractivity contribution in [2.75, 3.05) is 12.4 Å². The van der Waals surface area contributed by atoms with Gasteiger partial charge in [0.1, 0.15) is 5.82 Å². The second-order valence-corrected chi connectivity index (χ2v) is 6.48. The average Bonchev–Trinajstić information content (AvgIpc) is 3.44. The number of nitrogens with zero attached hydrogens (tertiary/aromatic N) is 1. The molecule has 0 saturated heterocycles. The zero-order valence-corrected chi connectivity index (χ0v) is 14.6. The Bertz CT molecular complexity index is 1050. The first-order valence-corrected chi connectivity index (χ1v) is 8.55. The van der Waals surface area contributed by atoms with Gasteiger partial charge >= 0.3 is 0 Å². The van der Waals surface area contributed by atoms with Crippen molar-refractivity contribution in [1.82, 2.24) is 10.2 Å². The Morgan fingerprint density at radius 1 is 1.22 bits per heavy atom. The van der Waals surface area contributed by atoms with Gasteiger partial charge in [-0.2, -0.15) is 5.10 Å². The van der Waals surface area contributed by atoms with Crippen LogP contribution < -0.4 is 10.1 Å². The third-order valence-corrected chi connectivity index (χ3v) is 4.49. The van der Waals surface area contributed by atoms with E-state index in [1.807, 2.05) is 0 Å². The lowest BCUT2D eigenvalue weighted by Crippen LogP contribution is -2.14. The number of carbonyl (C=O) groups excluding carboxylic acids is 1. The highest BCUT2D eigenvalue weighted by atomic mass is 19.1. The van der Waals surface area contributed by atoms with Crippen LogP contribution in [0.4, 0.5) is 14.5 Å². The number of fused-ring (bicyclic) bond motifs is 1. The summed E-state index contributed by atoms with van der Waals surface area (Å²) in [4.78, 5) is 11.9. The predicted octanol–water partition coefficient (Wildman–Crippen LogP) is 4.37. The molecule has 5 nitrogen and oxygen atoms in total. The number of nitrogens with one attached hydrogen (secondary N) is 2. The number of aromatic nitrogens is 2. The second-order valence-electron chi connectivity index (χ2n) is 6.48. The molecule has 0 bridgehead atoms. The van der Waals surface area contributed by atoms with Crippen molar-refractivity contribution in [3.8, 4) is 5.75 Å². The molecule has 1 saturated carbocycles. The van der Waals surface area contributed by atoms with E-state index in [-0.39, 0.29) is 23.3 Å². The molecule has 4 rings (SSSR count). The zero-order valence-electron chi connectivity index (χ0n) is 14.6. The molecule has 3 aromatic rings. The van der Waals surface area contributed by atoms with E-state index in [9.17, 15) is 13.6 Å². The maximum Gasteiger partial charge on any atom is 0.227 e. The van der Waals surface area contributed by atoms with Crippen LogP contribution >= 0.6 is 0 Å². The number of halogens is 2. The minimum absolute atomic E-state index is 0.0164. The van der Waals surface area contributed by atoms with Gasteiger partial charge in [0.2, 0.25) is 5.91 Å². The Morgan fingerprint density at radius 3 is 2.78 bits per heavy atom. The van der Waals surface area contributed by atoms with Gasteiger partial charge in [0, 0.05) is 17.4 Å². The van der Waals surface area contributed by atoms with Gasteiger partial charge in [-0.15, -0.1) is 0 Å². The SMILES string of the molecule is COc1cc(C=Cc2n[nH]c3cc(F)c(NC(=O)C4CC4)cc23)ccc1F. The summed E-state index contributed by atoms with van der Waals surface area (Å²) in [5, 5.41) is 10.3. The van der Waals surface area contributed by atoms with Crippen LogP contribution in [0, 0.1) is 17.6 Å². The molecule has 1 heterocycles. The number of benzene rings is 2. The van der Waals surface area contributed by atoms with Crippen LogP contribution in [0.2, 0.25) is 0 Å². The number of aromatic amines is 1. The number of ether oxygens (including phenoxy) is 1. The first-order valence-electron chi connectivity index (χ1n) is 8.55. The van der Waals surface area contributed by atoms with E-state index in [0.717, 1.165) is 18.4 Å². The Kier molecular flexibility index (Phi) is 4.35. The number of anilines is 1. The van der Waals surface area contributed by atoms with Crippen LogP contribution in [0.15, 0.2) is 30.3 Å². The average molecular weight is 369 g/mol. The molecule has 7 heteroatoms. The van der Waals surface area contributed by atoms with Crippen molar-refractivity contribution in [1.29, 1.82) is 0 Å². The van der Waals surface area contributed by atoms with Crippen molar-refractivity contribution in [2.24, 2.45) is 5.92 Å². The normalized spacial score (nSPS) is 14.0. The molecule has 27 heavy (non-hydrogen) atoms. The first kappa shape index (κ1) is 17.2. The molecule has 2 aromatic carbocycles. The molecule has 0 spiro atoms. The van der Waals surface area contributed by atoms with E-state index in [1.165, 1.54) is 19.2 Å². The summed E-state index contributed by atoms with van der Waals surface area (Å²) < 4.78 is 32.7. The fourth-order valence-corrected chi connectivity index (χ4v) is 2.82.